The number of nitrogens with zero attached hydrogens (tertiary/aromatic N) is 6. The number of amides is 1. The Morgan fingerprint density at radius 3 is 2.66 bits per heavy atom. The minimum absolute atomic E-state index is 0.0909. The number of nitrogens with one attached hydrogen (secondary N) is 2. The van der Waals surface area contributed by atoms with Crippen LogP contribution < -0.4 is 15.0 Å². The number of hydrogen-bond acceptors (Lipinski definition) is 9. The zero-order valence-corrected chi connectivity index (χ0v) is 20.5. The van der Waals surface area contributed by atoms with E-state index in [1.54, 1.807) is 5.32 Å². The number of carbonyl (C=O) groups is 1. The molecule has 200 valence electrons. The maximum atomic E-state index is 13.1. The summed E-state index contributed by atoms with van der Waals surface area (Å²) in [5.41, 5.74) is 0.729. The smallest absolute Gasteiger partial charge is 0.372 e. The molecule has 0 saturated carbocycles. The number of anilines is 1. The van der Waals surface area contributed by atoms with E-state index in [0.29, 0.717) is 16.6 Å². The van der Waals surface area contributed by atoms with Crippen LogP contribution >= 0.6 is 0 Å². The SMILES string of the molecule is CC(=NNS(=O)(=O)c1cc([N+](=O)[O-])ccc1N(C)CCNC(=O)C(F)(F)F)c1cnn2ccc(C#N)cc12. The number of fused-ring (bicyclic) bond motifs is 1. The molecule has 0 bridgehead atoms. The Hall–Kier alpha value is -4.72. The van der Waals surface area contributed by atoms with Crippen molar-refractivity contribution in [1.29, 1.82) is 5.26 Å². The molecule has 0 radical (unpaired) electrons. The first-order chi connectivity index (χ1) is 17.7. The van der Waals surface area contributed by atoms with Crippen molar-refractivity contribution in [2.24, 2.45) is 5.10 Å². The maximum absolute atomic E-state index is 13.1. The van der Waals surface area contributed by atoms with Crippen molar-refractivity contribution in [3.63, 3.8) is 0 Å². The minimum atomic E-state index is -5.09. The summed E-state index contributed by atoms with van der Waals surface area (Å²) in [5.74, 6) is -2.16. The number of non-ortho nitro benzene ring substituents is 1. The number of aromatic nitrogens is 2. The van der Waals surface area contributed by atoms with E-state index in [2.05, 4.69) is 10.2 Å². The van der Waals surface area contributed by atoms with Crippen molar-refractivity contribution in [3.8, 4) is 6.07 Å². The van der Waals surface area contributed by atoms with E-state index < -0.39 is 44.2 Å². The third-order valence-corrected chi connectivity index (χ3v) is 6.46. The number of pyridine rings is 1. The summed E-state index contributed by atoms with van der Waals surface area (Å²) in [4.78, 5) is 24.1. The molecule has 0 spiro atoms. The van der Waals surface area contributed by atoms with Gasteiger partial charge in [0.2, 0.25) is 0 Å². The van der Waals surface area contributed by atoms with Gasteiger partial charge in [-0.3, -0.25) is 14.9 Å². The van der Waals surface area contributed by atoms with Gasteiger partial charge in [0.05, 0.1) is 39.7 Å². The summed E-state index contributed by atoms with van der Waals surface area (Å²) >= 11 is 0. The Morgan fingerprint density at radius 1 is 1.32 bits per heavy atom. The average molecular weight is 552 g/mol. The van der Waals surface area contributed by atoms with E-state index in [1.807, 2.05) is 10.9 Å². The molecule has 13 nitrogen and oxygen atoms in total. The summed E-state index contributed by atoms with van der Waals surface area (Å²) in [6.07, 6.45) is -2.14. The molecular weight excluding hydrogens is 533 g/mol. The van der Waals surface area contributed by atoms with Gasteiger partial charge < -0.3 is 10.2 Å². The second-order valence-electron chi connectivity index (χ2n) is 7.79. The van der Waals surface area contributed by atoms with E-state index in [4.69, 9.17) is 5.26 Å². The van der Waals surface area contributed by atoms with Crippen LogP contribution in [0, 0.1) is 21.4 Å². The van der Waals surface area contributed by atoms with E-state index in [1.165, 1.54) is 47.9 Å². The van der Waals surface area contributed by atoms with Gasteiger partial charge in [0.15, 0.2) is 0 Å². The fourth-order valence-corrected chi connectivity index (χ4v) is 4.40. The molecule has 0 atom stereocenters. The Morgan fingerprint density at radius 2 is 2.03 bits per heavy atom. The van der Waals surface area contributed by atoms with Gasteiger partial charge in [-0.05, 0) is 25.1 Å². The molecule has 1 amide bonds. The van der Waals surface area contributed by atoms with Crippen molar-refractivity contribution in [2.75, 3.05) is 25.0 Å². The van der Waals surface area contributed by atoms with Gasteiger partial charge in [-0.15, -0.1) is 0 Å². The number of carbonyl (C=O) groups excluding carboxylic acids is 1. The minimum Gasteiger partial charge on any atom is -0.372 e. The first-order valence-electron chi connectivity index (χ1n) is 10.5. The Labute approximate surface area is 213 Å². The molecule has 2 aromatic heterocycles. The van der Waals surface area contributed by atoms with Crippen LogP contribution in [-0.4, -0.2) is 60.9 Å². The molecule has 3 aromatic rings. The van der Waals surface area contributed by atoms with E-state index in [0.717, 1.165) is 18.2 Å². The fourth-order valence-electron chi connectivity index (χ4n) is 3.27. The average Bonchev–Trinajstić information content (AvgIpc) is 3.29. The van der Waals surface area contributed by atoms with Gasteiger partial charge in [0, 0.05) is 44.0 Å². The molecule has 38 heavy (non-hydrogen) atoms. The zero-order valence-electron chi connectivity index (χ0n) is 19.7. The lowest BCUT2D eigenvalue weighted by Crippen LogP contribution is -2.40. The van der Waals surface area contributed by atoms with E-state index in [-0.39, 0.29) is 17.9 Å². The Bertz CT molecular complexity index is 1580. The second-order valence-corrected chi connectivity index (χ2v) is 9.42. The number of sulfonamides is 1. The Balaban J connectivity index is 1.90. The standard InChI is InChI=1S/C21H19F3N8O5S/c1-13(16-12-27-31-7-5-14(11-25)9-18(16)31)28-29-38(36,37)19-10-15(32(34)35)3-4-17(19)30(2)8-6-26-20(33)21(22,23)24/h3-5,7,9-10,12,29H,6,8H2,1-2H3,(H,26,33). The lowest BCUT2D eigenvalue weighted by Gasteiger charge is -2.22. The number of likely N-dealkylation sites (N-methyl/N-ethyl adjacent to an activating group) is 1. The molecular formula is C21H19F3N8O5S. The lowest BCUT2D eigenvalue weighted by atomic mass is 10.1. The second kappa shape index (κ2) is 10.7. The fraction of sp³-hybridized carbons (Fsp3) is 0.238. The topological polar surface area (TPSA) is 175 Å². The van der Waals surface area contributed by atoms with Gasteiger partial charge in [-0.2, -0.15) is 41.9 Å². The highest BCUT2D eigenvalue weighted by molar-refractivity contribution is 7.89. The van der Waals surface area contributed by atoms with Crippen molar-refractivity contribution < 1.29 is 31.3 Å². The molecule has 0 fully saturated rings. The van der Waals surface area contributed by atoms with Gasteiger partial charge in [0.25, 0.3) is 15.7 Å². The summed E-state index contributed by atoms with van der Waals surface area (Å²) < 4.78 is 64.9. The highest BCUT2D eigenvalue weighted by Crippen LogP contribution is 2.29. The number of nitro benzene ring substituents is 1. The van der Waals surface area contributed by atoms with Crippen molar-refractivity contribution in [2.45, 2.75) is 18.0 Å². The molecule has 0 saturated heterocycles. The van der Waals surface area contributed by atoms with Gasteiger partial charge in [0.1, 0.15) is 4.90 Å². The third kappa shape index (κ3) is 6.15. The quantitative estimate of drug-likeness (QED) is 0.230. The summed E-state index contributed by atoms with van der Waals surface area (Å²) in [6, 6.07) is 7.97. The number of nitriles is 1. The molecule has 0 aliphatic heterocycles. The van der Waals surface area contributed by atoms with Crippen LogP contribution in [0.4, 0.5) is 24.5 Å². The molecule has 2 heterocycles. The zero-order chi connectivity index (χ0) is 28.3. The summed E-state index contributed by atoms with van der Waals surface area (Å²) in [5, 5.41) is 30.0. The number of rotatable bonds is 9. The van der Waals surface area contributed by atoms with E-state index in [9.17, 15) is 36.5 Å². The van der Waals surface area contributed by atoms with Crippen LogP contribution in [0.1, 0.15) is 18.1 Å². The first-order valence-corrected chi connectivity index (χ1v) is 12.0. The molecule has 0 aliphatic rings. The predicted octanol–water partition coefficient (Wildman–Crippen LogP) is 1.93. The first kappa shape index (κ1) is 27.9. The highest BCUT2D eigenvalue weighted by Gasteiger charge is 2.38. The van der Waals surface area contributed by atoms with Crippen molar-refractivity contribution in [3.05, 3.63) is 64.0 Å². The van der Waals surface area contributed by atoms with Gasteiger partial charge >= 0.3 is 12.1 Å². The van der Waals surface area contributed by atoms with Crippen LogP contribution in [0.2, 0.25) is 0 Å². The molecule has 0 aliphatic carbocycles. The summed E-state index contributed by atoms with van der Waals surface area (Å²) in [7, 11) is -3.21. The number of nitro groups is 1. The number of hydrazone groups is 1. The maximum Gasteiger partial charge on any atom is 0.471 e. The molecule has 1 aromatic carbocycles. The van der Waals surface area contributed by atoms with Gasteiger partial charge in [-0.1, -0.05) is 0 Å². The number of benzene rings is 1. The normalized spacial score (nSPS) is 12.2. The number of alkyl halides is 3. The van der Waals surface area contributed by atoms with Crippen LogP contribution in [0.15, 0.2) is 52.7 Å². The molecule has 3 rings (SSSR count). The monoisotopic (exact) mass is 552 g/mol. The molecule has 17 heteroatoms. The molecule has 0 unspecified atom stereocenters. The lowest BCUT2D eigenvalue weighted by molar-refractivity contribution is -0.385. The largest absolute Gasteiger partial charge is 0.471 e. The number of hydrogen-bond donors (Lipinski definition) is 2. The van der Waals surface area contributed by atoms with Gasteiger partial charge in [-0.25, -0.2) is 4.52 Å². The van der Waals surface area contributed by atoms with Crippen LogP contribution in [0.5, 0.6) is 0 Å². The van der Waals surface area contributed by atoms with Crippen LogP contribution in [0.25, 0.3) is 5.52 Å². The Kier molecular flexibility index (Phi) is 7.86. The predicted molar refractivity (Wildman–Crippen MR) is 128 cm³/mol. The number of halogens is 3. The van der Waals surface area contributed by atoms with E-state index >= 15 is 0 Å². The summed E-state index contributed by atoms with van der Waals surface area (Å²) in [6.45, 7) is 0.728. The third-order valence-electron chi connectivity index (χ3n) is 5.22. The molecule has 2 N–H and O–H groups in total. The van der Waals surface area contributed by atoms with Crippen LogP contribution in [-0.2, 0) is 14.8 Å². The van der Waals surface area contributed by atoms with Crippen molar-refractivity contribution >= 4 is 38.5 Å². The van der Waals surface area contributed by atoms with Crippen molar-refractivity contribution in [1.82, 2.24) is 19.8 Å². The highest BCUT2D eigenvalue weighted by atomic mass is 32.2. The van der Waals surface area contributed by atoms with Crippen LogP contribution in [0.3, 0.4) is 0 Å².